The van der Waals surface area contributed by atoms with Crippen LogP contribution in [0.25, 0.3) is 0 Å². The molecule has 0 radical (unpaired) electrons. The maximum atomic E-state index is 13.4. The van der Waals surface area contributed by atoms with Crippen molar-refractivity contribution in [3.05, 3.63) is 41.6 Å². The van der Waals surface area contributed by atoms with E-state index in [2.05, 4.69) is 5.10 Å². The second-order valence-electron chi connectivity index (χ2n) is 7.13. The first-order chi connectivity index (χ1) is 12.6. The van der Waals surface area contributed by atoms with Gasteiger partial charge in [-0.15, -0.1) is 0 Å². The van der Waals surface area contributed by atoms with Gasteiger partial charge in [0.15, 0.2) is 5.03 Å². The summed E-state index contributed by atoms with van der Waals surface area (Å²) in [6.45, 7) is 12.7. The fraction of sp³-hybridized carbons (Fsp3) is 0.500. The Kier molecular flexibility index (Phi) is 6.46. The number of nitrogens with zero attached hydrogens (tertiary/aromatic N) is 3. The topological polar surface area (TPSA) is 72.3 Å². The summed E-state index contributed by atoms with van der Waals surface area (Å²) in [4.78, 5) is 14.4. The van der Waals surface area contributed by atoms with Gasteiger partial charge < -0.3 is 4.90 Å². The third kappa shape index (κ3) is 4.08. The Labute approximate surface area is 162 Å². The minimum atomic E-state index is -3.84. The smallest absolute Gasteiger partial charge is 0.323 e. The molecule has 148 valence electrons. The molecule has 0 aliphatic heterocycles. The molecule has 1 heterocycles. The molecule has 0 aliphatic carbocycles. The van der Waals surface area contributed by atoms with Crippen LogP contribution in [0, 0.1) is 0 Å². The lowest BCUT2D eigenvalue weighted by molar-refractivity contribution is 0.201. The van der Waals surface area contributed by atoms with Crippen molar-refractivity contribution in [1.82, 2.24) is 14.7 Å². The van der Waals surface area contributed by atoms with Gasteiger partial charge in [-0.1, -0.05) is 45.9 Å². The van der Waals surface area contributed by atoms with Gasteiger partial charge in [0, 0.05) is 19.3 Å². The average molecular weight is 392 g/mol. The van der Waals surface area contributed by atoms with Crippen molar-refractivity contribution in [1.29, 1.82) is 0 Å². The molecule has 2 aromatic rings. The summed E-state index contributed by atoms with van der Waals surface area (Å²) in [7, 11) is -3.84. The van der Waals surface area contributed by atoms with Crippen LogP contribution < -0.4 is 0 Å². The number of sulfone groups is 1. The van der Waals surface area contributed by atoms with E-state index < -0.39 is 9.84 Å². The number of carbonyl (C=O) groups excluding carboxylic acids is 1. The van der Waals surface area contributed by atoms with Gasteiger partial charge in [-0.2, -0.15) is 9.78 Å². The number of hydrogen-bond donors (Lipinski definition) is 0. The van der Waals surface area contributed by atoms with Crippen LogP contribution in [-0.4, -0.2) is 42.2 Å². The monoisotopic (exact) mass is 391 g/mol. The van der Waals surface area contributed by atoms with Crippen LogP contribution in [0.1, 0.15) is 64.5 Å². The minimum Gasteiger partial charge on any atom is -0.323 e. The Hall–Kier alpha value is -2.15. The van der Waals surface area contributed by atoms with E-state index in [1.807, 2.05) is 59.7 Å². The van der Waals surface area contributed by atoms with Crippen molar-refractivity contribution in [3.63, 3.8) is 0 Å². The molecule has 0 fully saturated rings. The summed E-state index contributed by atoms with van der Waals surface area (Å²) < 4.78 is 28.0. The molecule has 0 atom stereocenters. The summed E-state index contributed by atoms with van der Waals surface area (Å²) in [6.07, 6.45) is 1.42. The van der Waals surface area contributed by atoms with Gasteiger partial charge in [0.1, 0.15) is 0 Å². The third-order valence-corrected chi connectivity index (χ3v) is 6.44. The number of amides is 1. The van der Waals surface area contributed by atoms with E-state index in [9.17, 15) is 13.2 Å². The highest BCUT2D eigenvalue weighted by Gasteiger charge is 2.29. The Bertz CT molecular complexity index is 884. The molecule has 2 rings (SSSR count). The van der Waals surface area contributed by atoms with Crippen molar-refractivity contribution in [2.75, 3.05) is 13.1 Å². The highest BCUT2D eigenvalue weighted by molar-refractivity contribution is 7.91. The van der Waals surface area contributed by atoms with E-state index in [4.69, 9.17) is 0 Å². The van der Waals surface area contributed by atoms with E-state index >= 15 is 0 Å². The van der Waals surface area contributed by atoms with Gasteiger partial charge in [0.2, 0.25) is 9.84 Å². The van der Waals surface area contributed by atoms with Crippen LogP contribution in [0.4, 0.5) is 4.79 Å². The molecule has 1 amide bonds. The minimum absolute atomic E-state index is 0.0490. The molecular formula is C20H29N3O3S. The van der Waals surface area contributed by atoms with E-state index in [-0.39, 0.29) is 22.9 Å². The van der Waals surface area contributed by atoms with Crippen molar-refractivity contribution < 1.29 is 13.2 Å². The zero-order valence-electron chi connectivity index (χ0n) is 16.9. The molecule has 0 aliphatic rings. The third-order valence-electron chi connectivity index (χ3n) is 4.66. The summed E-state index contributed by atoms with van der Waals surface area (Å²) >= 11 is 0. The lowest BCUT2D eigenvalue weighted by atomic mass is 9.95. The maximum Gasteiger partial charge on any atom is 0.344 e. The molecule has 1 aromatic carbocycles. The van der Waals surface area contributed by atoms with Gasteiger partial charge in [-0.3, -0.25) is 0 Å². The molecule has 0 saturated heterocycles. The number of benzene rings is 1. The van der Waals surface area contributed by atoms with Crippen LogP contribution in [0.15, 0.2) is 40.4 Å². The molecule has 0 N–H and O–H groups in total. The maximum absolute atomic E-state index is 13.4. The van der Waals surface area contributed by atoms with Gasteiger partial charge in [0.25, 0.3) is 0 Å². The van der Waals surface area contributed by atoms with Gasteiger partial charge >= 0.3 is 6.03 Å². The molecular weight excluding hydrogens is 362 g/mol. The first-order valence-electron chi connectivity index (χ1n) is 9.37. The largest absolute Gasteiger partial charge is 0.344 e. The SMILES string of the molecule is CCN(CC)C(=O)n1ccc(S(=O)(=O)c2c(C(C)C)cccc2C(C)C)n1. The predicted molar refractivity (Wildman–Crippen MR) is 106 cm³/mol. The molecule has 27 heavy (non-hydrogen) atoms. The fourth-order valence-corrected chi connectivity index (χ4v) is 4.97. The Balaban J connectivity index is 2.60. The molecule has 7 heteroatoms. The van der Waals surface area contributed by atoms with Gasteiger partial charge in [-0.05, 0) is 42.9 Å². The van der Waals surface area contributed by atoms with Crippen LogP contribution in [0.2, 0.25) is 0 Å². The molecule has 0 bridgehead atoms. The van der Waals surface area contributed by atoms with Crippen molar-refractivity contribution in [2.45, 2.75) is 63.3 Å². The van der Waals surface area contributed by atoms with Crippen molar-refractivity contribution in [3.8, 4) is 0 Å². The highest BCUT2D eigenvalue weighted by atomic mass is 32.2. The lowest BCUT2D eigenvalue weighted by Crippen LogP contribution is -2.34. The number of hydrogen-bond acceptors (Lipinski definition) is 4. The Morgan fingerprint density at radius 2 is 1.56 bits per heavy atom. The first kappa shape index (κ1) is 21.2. The van der Waals surface area contributed by atoms with E-state index in [0.29, 0.717) is 18.0 Å². The molecule has 0 unspecified atom stereocenters. The zero-order valence-corrected chi connectivity index (χ0v) is 17.7. The van der Waals surface area contributed by atoms with E-state index in [0.717, 1.165) is 15.8 Å². The Morgan fingerprint density at radius 3 is 2.00 bits per heavy atom. The van der Waals surface area contributed by atoms with Crippen molar-refractivity contribution in [2.24, 2.45) is 0 Å². The number of rotatable bonds is 6. The predicted octanol–water partition coefficient (Wildman–Crippen LogP) is 4.27. The lowest BCUT2D eigenvalue weighted by Gasteiger charge is -2.19. The summed E-state index contributed by atoms with van der Waals surface area (Å²) in [5, 5.41) is 4.01. The second kappa shape index (κ2) is 8.25. The quantitative estimate of drug-likeness (QED) is 0.737. The van der Waals surface area contributed by atoms with Crippen LogP contribution in [0.5, 0.6) is 0 Å². The van der Waals surface area contributed by atoms with E-state index in [1.54, 1.807) is 4.90 Å². The molecule has 6 nitrogen and oxygen atoms in total. The summed E-state index contributed by atoms with van der Waals surface area (Å²) in [5.74, 6) is 0.0979. The van der Waals surface area contributed by atoms with E-state index in [1.165, 1.54) is 12.3 Å². The first-order valence-corrected chi connectivity index (χ1v) is 10.9. The number of carbonyl (C=O) groups is 1. The normalized spacial score (nSPS) is 12.0. The van der Waals surface area contributed by atoms with Gasteiger partial charge in [-0.25, -0.2) is 13.2 Å². The van der Waals surface area contributed by atoms with Crippen LogP contribution in [-0.2, 0) is 9.84 Å². The Morgan fingerprint density at radius 1 is 1.04 bits per heavy atom. The average Bonchev–Trinajstić information content (AvgIpc) is 3.12. The molecule has 1 aromatic heterocycles. The fourth-order valence-electron chi connectivity index (χ4n) is 3.09. The molecule has 0 saturated carbocycles. The van der Waals surface area contributed by atoms with Crippen LogP contribution in [0.3, 0.4) is 0 Å². The van der Waals surface area contributed by atoms with Gasteiger partial charge in [0.05, 0.1) is 4.90 Å². The summed E-state index contributed by atoms with van der Waals surface area (Å²) in [5.41, 5.74) is 1.54. The second-order valence-corrected chi connectivity index (χ2v) is 8.97. The standard InChI is InChI=1S/C20H29N3O3S/c1-7-22(8-2)20(24)23-13-12-18(21-23)27(25,26)19-16(14(3)4)10-9-11-17(19)15(5)6/h9-15H,7-8H2,1-6H3. The number of aromatic nitrogens is 2. The zero-order chi connectivity index (χ0) is 20.4. The van der Waals surface area contributed by atoms with Crippen molar-refractivity contribution >= 4 is 15.9 Å². The van der Waals surface area contributed by atoms with Crippen LogP contribution >= 0.6 is 0 Å². The summed E-state index contributed by atoms with van der Waals surface area (Å²) in [6, 6.07) is 6.66. The molecule has 0 spiro atoms. The highest BCUT2D eigenvalue weighted by Crippen LogP contribution is 2.34.